The van der Waals surface area contributed by atoms with Gasteiger partial charge in [-0.3, -0.25) is 4.98 Å². The van der Waals surface area contributed by atoms with E-state index in [1.165, 1.54) is 0 Å². The molecule has 15 heavy (non-hydrogen) atoms. The average molecular weight is 272 g/mol. The molecule has 84 valence electrons. The van der Waals surface area contributed by atoms with Crippen LogP contribution in [0.2, 0.25) is 0 Å². The molecule has 0 aliphatic rings. The molecule has 0 bridgehead atoms. The maximum atomic E-state index is 5.83. The van der Waals surface area contributed by atoms with Crippen LogP contribution in [0.4, 0.5) is 11.4 Å². The van der Waals surface area contributed by atoms with Crippen LogP contribution in [-0.4, -0.2) is 11.5 Å². The predicted molar refractivity (Wildman–Crippen MR) is 68.8 cm³/mol. The largest absolute Gasteiger partial charge is 0.396 e. The fraction of sp³-hybridized carbons (Fsp3) is 0.545. The number of nitrogens with one attached hydrogen (secondary N) is 1. The highest BCUT2D eigenvalue weighted by Crippen LogP contribution is 2.27. The lowest BCUT2D eigenvalue weighted by molar-refractivity contribution is 0.440. The minimum Gasteiger partial charge on any atom is -0.396 e. The third-order valence-electron chi connectivity index (χ3n) is 2.67. The van der Waals surface area contributed by atoms with Gasteiger partial charge in [-0.2, -0.15) is 0 Å². The molecule has 1 atom stereocenters. The van der Waals surface area contributed by atoms with Gasteiger partial charge in [-0.25, -0.2) is 0 Å². The number of rotatable bonds is 4. The third-order valence-corrected chi connectivity index (χ3v) is 3.27. The van der Waals surface area contributed by atoms with Crippen LogP contribution < -0.4 is 11.1 Å². The zero-order valence-corrected chi connectivity index (χ0v) is 11.0. The van der Waals surface area contributed by atoms with Crippen molar-refractivity contribution in [1.82, 2.24) is 4.98 Å². The summed E-state index contributed by atoms with van der Waals surface area (Å²) in [6.45, 7) is 7.59. The summed E-state index contributed by atoms with van der Waals surface area (Å²) in [5.41, 5.74) is 7.45. The molecule has 3 nitrogen and oxygen atoms in total. The first-order valence-corrected chi connectivity index (χ1v) is 5.94. The summed E-state index contributed by atoms with van der Waals surface area (Å²) in [5, 5.41) is 3.35. The van der Waals surface area contributed by atoms with Crippen LogP contribution in [-0.2, 0) is 0 Å². The van der Waals surface area contributed by atoms with Crippen molar-refractivity contribution in [1.29, 1.82) is 0 Å². The molecular formula is C11H18BrN3. The first kappa shape index (κ1) is 12.3. The van der Waals surface area contributed by atoms with E-state index in [0.29, 0.717) is 17.5 Å². The van der Waals surface area contributed by atoms with Gasteiger partial charge in [-0.1, -0.05) is 20.8 Å². The Hall–Kier alpha value is -0.770. The van der Waals surface area contributed by atoms with Crippen LogP contribution in [0.5, 0.6) is 0 Å². The topological polar surface area (TPSA) is 50.9 Å². The van der Waals surface area contributed by atoms with E-state index in [9.17, 15) is 0 Å². The van der Waals surface area contributed by atoms with Crippen molar-refractivity contribution in [2.24, 2.45) is 11.8 Å². The Labute approximate surface area is 99.6 Å². The highest BCUT2D eigenvalue weighted by Gasteiger charge is 2.09. The zero-order valence-electron chi connectivity index (χ0n) is 9.42. The van der Waals surface area contributed by atoms with E-state index in [2.05, 4.69) is 47.0 Å². The normalized spacial score (nSPS) is 12.9. The maximum Gasteiger partial charge on any atom is 0.0750 e. The molecule has 0 saturated carbocycles. The second-order valence-corrected chi connectivity index (χ2v) is 5.04. The molecule has 1 aromatic rings. The van der Waals surface area contributed by atoms with Gasteiger partial charge in [-0.05, 0) is 27.8 Å². The molecule has 4 heteroatoms. The summed E-state index contributed by atoms with van der Waals surface area (Å²) >= 11 is 3.43. The van der Waals surface area contributed by atoms with E-state index in [0.717, 1.165) is 16.7 Å². The summed E-state index contributed by atoms with van der Waals surface area (Å²) in [4.78, 5) is 3.99. The lowest BCUT2D eigenvalue weighted by Gasteiger charge is -2.18. The van der Waals surface area contributed by atoms with Gasteiger partial charge in [0.25, 0.3) is 0 Å². The molecule has 0 fully saturated rings. The van der Waals surface area contributed by atoms with Crippen LogP contribution in [0, 0.1) is 11.8 Å². The molecule has 0 aromatic carbocycles. The van der Waals surface area contributed by atoms with Gasteiger partial charge < -0.3 is 11.1 Å². The lowest BCUT2D eigenvalue weighted by atomic mass is 9.98. The molecule has 0 saturated heterocycles. The molecule has 0 radical (unpaired) electrons. The second-order valence-electron chi connectivity index (χ2n) is 4.19. The molecule has 0 aliphatic heterocycles. The van der Waals surface area contributed by atoms with E-state index in [4.69, 9.17) is 5.73 Å². The van der Waals surface area contributed by atoms with Gasteiger partial charge in [0.05, 0.1) is 22.0 Å². The standard InChI is InChI=1S/C11H18BrN3/c1-7(2)8(3)4-15-11-9(12)5-14-6-10(11)13/h5-8H,4,13H2,1-3H3,(H,14,15). The molecule has 1 aromatic heterocycles. The number of pyridine rings is 1. The number of hydrogen-bond donors (Lipinski definition) is 2. The van der Waals surface area contributed by atoms with E-state index < -0.39 is 0 Å². The van der Waals surface area contributed by atoms with Crippen molar-refractivity contribution in [2.75, 3.05) is 17.6 Å². The summed E-state index contributed by atoms with van der Waals surface area (Å²) in [5.74, 6) is 1.28. The molecule has 0 amide bonds. The van der Waals surface area contributed by atoms with Crippen molar-refractivity contribution < 1.29 is 0 Å². The van der Waals surface area contributed by atoms with Crippen molar-refractivity contribution in [3.63, 3.8) is 0 Å². The number of hydrogen-bond acceptors (Lipinski definition) is 3. The van der Waals surface area contributed by atoms with Crippen LogP contribution in [0.25, 0.3) is 0 Å². The van der Waals surface area contributed by atoms with Crippen LogP contribution >= 0.6 is 15.9 Å². The van der Waals surface area contributed by atoms with E-state index in [1.54, 1.807) is 12.4 Å². The summed E-state index contributed by atoms with van der Waals surface area (Å²) in [6.07, 6.45) is 3.41. The van der Waals surface area contributed by atoms with Crippen molar-refractivity contribution in [3.05, 3.63) is 16.9 Å². The van der Waals surface area contributed by atoms with Crippen LogP contribution in [0.3, 0.4) is 0 Å². The third kappa shape index (κ3) is 3.38. The Kier molecular flexibility index (Phi) is 4.39. The second kappa shape index (κ2) is 5.35. The highest BCUT2D eigenvalue weighted by molar-refractivity contribution is 9.10. The van der Waals surface area contributed by atoms with Gasteiger partial charge in [0.1, 0.15) is 0 Å². The lowest BCUT2D eigenvalue weighted by Crippen LogP contribution is -2.17. The van der Waals surface area contributed by atoms with Crippen molar-refractivity contribution >= 4 is 27.3 Å². The van der Waals surface area contributed by atoms with Crippen LogP contribution in [0.1, 0.15) is 20.8 Å². The summed E-state index contributed by atoms with van der Waals surface area (Å²) < 4.78 is 0.915. The number of anilines is 2. The molecular weight excluding hydrogens is 254 g/mol. The number of nitrogen functional groups attached to an aromatic ring is 1. The molecule has 1 heterocycles. The summed E-state index contributed by atoms with van der Waals surface area (Å²) in [6, 6.07) is 0. The quantitative estimate of drug-likeness (QED) is 0.885. The number of aromatic nitrogens is 1. The molecule has 3 N–H and O–H groups in total. The predicted octanol–water partition coefficient (Wildman–Crippen LogP) is 3.13. The smallest absolute Gasteiger partial charge is 0.0750 e. The average Bonchev–Trinajstić information content (AvgIpc) is 2.16. The number of nitrogens with zero attached hydrogens (tertiary/aromatic N) is 1. The molecule has 1 unspecified atom stereocenters. The molecule has 0 spiro atoms. The Morgan fingerprint density at radius 2 is 2.07 bits per heavy atom. The first-order chi connectivity index (χ1) is 7.02. The number of nitrogens with two attached hydrogens (primary N) is 1. The summed E-state index contributed by atoms with van der Waals surface area (Å²) in [7, 11) is 0. The minimum absolute atomic E-state index is 0.615. The van der Waals surface area contributed by atoms with Gasteiger partial charge in [0, 0.05) is 12.7 Å². The first-order valence-electron chi connectivity index (χ1n) is 5.15. The van der Waals surface area contributed by atoms with Gasteiger partial charge >= 0.3 is 0 Å². The maximum absolute atomic E-state index is 5.83. The fourth-order valence-electron chi connectivity index (χ4n) is 1.14. The van der Waals surface area contributed by atoms with Crippen molar-refractivity contribution in [2.45, 2.75) is 20.8 Å². The minimum atomic E-state index is 0.615. The van der Waals surface area contributed by atoms with E-state index >= 15 is 0 Å². The number of halogens is 1. The van der Waals surface area contributed by atoms with Crippen molar-refractivity contribution in [3.8, 4) is 0 Å². The Morgan fingerprint density at radius 1 is 1.40 bits per heavy atom. The fourth-order valence-corrected chi connectivity index (χ4v) is 1.62. The van der Waals surface area contributed by atoms with Gasteiger partial charge in [0.2, 0.25) is 0 Å². The highest BCUT2D eigenvalue weighted by atomic mass is 79.9. The Balaban J connectivity index is 2.65. The molecule has 0 aliphatic carbocycles. The SMILES string of the molecule is CC(C)C(C)CNc1c(N)cncc1Br. The van der Waals surface area contributed by atoms with Gasteiger partial charge in [-0.15, -0.1) is 0 Å². The zero-order chi connectivity index (χ0) is 11.4. The van der Waals surface area contributed by atoms with E-state index in [1.807, 2.05) is 0 Å². The monoisotopic (exact) mass is 271 g/mol. The Bertz CT molecular complexity index is 305. The Morgan fingerprint density at radius 3 is 2.60 bits per heavy atom. The van der Waals surface area contributed by atoms with Gasteiger partial charge in [0.15, 0.2) is 0 Å². The molecule has 1 rings (SSSR count). The van der Waals surface area contributed by atoms with E-state index in [-0.39, 0.29) is 0 Å². The van der Waals surface area contributed by atoms with Crippen LogP contribution in [0.15, 0.2) is 16.9 Å².